The number of hydrogen-bond acceptors (Lipinski definition) is 4. The van der Waals surface area contributed by atoms with Crippen molar-refractivity contribution < 1.29 is 4.79 Å². The van der Waals surface area contributed by atoms with E-state index in [-0.39, 0.29) is 5.91 Å². The minimum atomic E-state index is -0.273. The first-order valence-corrected chi connectivity index (χ1v) is 6.81. The minimum Gasteiger partial charge on any atom is -0.304 e. The Morgan fingerprint density at radius 2 is 2.24 bits per heavy atom. The molecule has 0 saturated heterocycles. The highest BCUT2D eigenvalue weighted by Gasteiger charge is 2.12. The molecule has 0 spiro atoms. The van der Waals surface area contributed by atoms with Crippen molar-refractivity contribution in [2.75, 3.05) is 5.32 Å². The van der Waals surface area contributed by atoms with E-state index in [2.05, 4.69) is 20.4 Å². The van der Waals surface area contributed by atoms with E-state index in [9.17, 15) is 4.79 Å². The first-order chi connectivity index (χ1) is 10.2. The summed E-state index contributed by atoms with van der Waals surface area (Å²) in [6.07, 6.45) is 3.07. The maximum Gasteiger partial charge on any atom is 0.275 e. The summed E-state index contributed by atoms with van der Waals surface area (Å²) in [5.74, 6) is 0.101. The fourth-order valence-corrected chi connectivity index (χ4v) is 2.24. The lowest BCUT2D eigenvalue weighted by molar-refractivity contribution is 0.101. The van der Waals surface area contributed by atoms with Gasteiger partial charge < -0.3 is 5.32 Å². The van der Waals surface area contributed by atoms with Crippen LogP contribution in [0.3, 0.4) is 0 Å². The standard InChI is InChI=1S/C14H12ClN5O/c1-2-20-11(6-7-17-20)14(21)19-12-8-16-13-9(15)4-3-5-10(13)18-12/h3-8H,2H2,1H3,(H,18,19,21). The third-order valence-electron chi connectivity index (χ3n) is 3.01. The maximum absolute atomic E-state index is 12.2. The first-order valence-electron chi connectivity index (χ1n) is 6.43. The van der Waals surface area contributed by atoms with Crippen LogP contribution >= 0.6 is 11.6 Å². The average molecular weight is 302 g/mol. The highest BCUT2D eigenvalue weighted by Crippen LogP contribution is 2.20. The Kier molecular flexibility index (Phi) is 3.53. The maximum atomic E-state index is 12.2. The molecule has 0 radical (unpaired) electrons. The largest absolute Gasteiger partial charge is 0.304 e. The lowest BCUT2D eigenvalue weighted by Gasteiger charge is -2.07. The third kappa shape index (κ3) is 2.57. The predicted molar refractivity (Wildman–Crippen MR) is 80.4 cm³/mol. The highest BCUT2D eigenvalue weighted by atomic mass is 35.5. The molecule has 3 aromatic rings. The van der Waals surface area contributed by atoms with Crippen LogP contribution in [-0.4, -0.2) is 25.7 Å². The number of para-hydroxylation sites is 1. The van der Waals surface area contributed by atoms with Crippen LogP contribution in [0.4, 0.5) is 5.82 Å². The van der Waals surface area contributed by atoms with Gasteiger partial charge in [0.25, 0.3) is 5.91 Å². The van der Waals surface area contributed by atoms with Gasteiger partial charge in [-0.3, -0.25) is 9.48 Å². The van der Waals surface area contributed by atoms with Crippen LogP contribution in [0.15, 0.2) is 36.7 Å². The Morgan fingerprint density at radius 1 is 1.38 bits per heavy atom. The number of carbonyl (C=O) groups is 1. The van der Waals surface area contributed by atoms with E-state index >= 15 is 0 Å². The molecule has 106 valence electrons. The number of amides is 1. The van der Waals surface area contributed by atoms with Crippen molar-refractivity contribution in [2.45, 2.75) is 13.5 Å². The van der Waals surface area contributed by atoms with E-state index < -0.39 is 0 Å². The van der Waals surface area contributed by atoms with Gasteiger partial charge in [-0.05, 0) is 25.1 Å². The molecule has 21 heavy (non-hydrogen) atoms. The lowest BCUT2D eigenvalue weighted by atomic mass is 10.3. The molecule has 1 amide bonds. The van der Waals surface area contributed by atoms with Gasteiger partial charge in [-0.1, -0.05) is 17.7 Å². The van der Waals surface area contributed by atoms with E-state index in [1.807, 2.05) is 6.92 Å². The summed E-state index contributed by atoms with van der Waals surface area (Å²) in [5.41, 5.74) is 1.71. The van der Waals surface area contributed by atoms with Gasteiger partial charge in [0.1, 0.15) is 11.2 Å². The van der Waals surface area contributed by atoms with Crippen LogP contribution in [0.25, 0.3) is 11.0 Å². The summed E-state index contributed by atoms with van der Waals surface area (Å²) in [7, 11) is 0. The van der Waals surface area contributed by atoms with Crippen molar-refractivity contribution in [3.63, 3.8) is 0 Å². The number of benzene rings is 1. The normalized spacial score (nSPS) is 10.8. The monoisotopic (exact) mass is 301 g/mol. The van der Waals surface area contributed by atoms with E-state index in [0.717, 1.165) is 0 Å². The molecule has 2 heterocycles. The highest BCUT2D eigenvalue weighted by molar-refractivity contribution is 6.34. The molecule has 0 aliphatic carbocycles. The summed E-state index contributed by atoms with van der Waals surface area (Å²) in [4.78, 5) is 20.8. The number of nitrogens with zero attached hydrogens (tertiary/aromatic N) is 4. The zero-order valence-corrected chi connectivity index (χ0v) is 12.0. The van der Waals surface area contributed by atoms with Crippen molar-refractivity contribution in [1.29, 1.82) is 0 Å². The second-order valence-corrected chi connectivity index (χ2v) is 4.76. The summed E-state index contributed by atoms with van der Waals surface area (Å²) in [6.45, 7) is 2.54. The molecule has 1 N–H and O–H groups in total. The van der Waals surface area contributed by atoms with E-state index in [1.54, 1.807) is 35.1 Å². The number of aryl methyl sites for hydroxylation is 1. The molecule has 2 aromatic heterocycles. The predicted octanol–water partition coefficient (Wildman–Crippen LogP) is 2.75. The number of halogens is 1. The van der Waals surface area contributed by atoms with Crippen LogP contribution in [0.2, 0.25) is 5.02 Å². The van der Waals surface area contributed by atoms with E-state index in [0.29, 0.717) is 34.1 Å². The van der Waals surface area contributed by atoms with E-state index in [1.165, 1.54) is 6.20 Å². The lowest BCUT2D eigenvalue weighted by Crippen LogP contribution is -2.18. The van der Waals surface area contributed by atoms with Crippen molar-refractivity contribution >= 4 is 34.4 Å². The summed E-state index contributed by atoms with van der Waals surface area (Å²) in [6, 6.07) is 6.98. The molecule has 0 saturated carbocycles. The topological polar surface area (TPSA) is 72.7 Å². The summed E-state index contributed by atoms with van der Waals surface area (Å²) in [5, 5.41) is 7.31. The molecule has 0 bridgehead atoms. The number of hydrogen-bond donors (Lipinski definition) is 1. The van der Waals surface area contributed by atoms with Gasteiger partial charge in [-0.15, -0.1) is 0 Å². The quantitative estimate of drug-likeness (QED) is 0.807. The summed E-state index contributed by atoms with van der Waals surface area (Å²) >= 11 is 6.03. The van der Waals surface area contributed by atoms with Crippen molar-refractivity contribution in [2.24, 2.45) is 0 Å². The van der Waals surface area contributed by atoms with Crippen molar-refractivity contribution in [3.05, 3.63) is 47.4 Å². The van der Waals surface area contributed by atoms with Crippen LogP contribution in [-0.2, 0) is 6.54 Å². The third-order valence-corrected chi connectivity index (χ3v) is 3.32. The molecule has 1 aromatic carbocycles. The van der Waals surface area contributed by atoms with Gasteiger partial charge in [0.2, 0.25) is 0 Å². The number of carbonyl (C=O) groups excluding carboxylic acids is 1. The van der Waals surface area contributed by atoms with Gasteiger partial charge in [0.05, 0.1) is 16.7 Å². The second-order valence-electron chi connectivity index (χ2n) is 4.35. The van der Waals surface area contributed by atoms with Gasteiger partial charge in [-0.2, -0.15) is 5.10 Å². The molecule has 0 atom stereocenters. The number of fused-ring (bicyclic) bond motifs is 1. The molecular weight excluding hydrogens is 290 g/mol. The fourth-order valence-electron chi connectivity index (χ4n) is 2.02. The zero-order valence-electron chi connectivity index (χ0n) is 11.2. The Morgan fingerprint density at radius 3 is 3.05 bits per heavy atom. The van der Waals surface area contributed by atoms with Gasteiger partial charge >= 0.3 is 0 Å². The Labute approximate surface area is 125 Å². The Balaban J connectivity index is 1.90. The first kappa shape index (κ1) is 13.5. The van der Waals surface area contributed by atoms with Gasteiger partial charge in [0, 0.05) is 12.7 Å². The molecular formula is C14H12ClN5O. The van der Waals surface area contributed by atoms with Crippen molar-refractivity contribution in [3.8, 4) is 0 Å². The number of nitrogens with one attached hydrogen (secondary N) is 1. The molecule has 0 unspecified atom stereocenters. The molecule has 3 rings (SSSR count). The molecule has 0 fully saturated rings. The van der Waals surface area contributed by atoms with E-state index in [4.69, 9.17) is 11.6 Å². The smallest absolute Gasteiger partial charge is 0.275 e. The van der Waals surface area contributed by atoms with Gasteiger partial charge in [0.15, 0.2) is 5.82 Å². The fraction of sp³-hybridized carbons (Fsp3) is 0.143. The summed E-state index contributed by atoms with van der Waals surface area (Å²) < 4.78 is 1.61. The number of anilines is 1. The second kappa shape index (κ2) is 5.49. The Bertz CT molecular complexity index is 814. The molecule has 7 heteroatoms. The Hall–Kier alpha value is -2.47. The van der Waals surface area contributed by atoms with Crippen molar-refractivity contribution in [1.82, 2.24) is 19.7 Å². The molecule has 6 nitrogen and oxygen atoms in total. The van der Waals surface area contributed by atoms with Crippen LogP contribution < -0.4 is 5.32 Å². The zero-order chi connectivity index (χ0) is 14.8. The van der Waals surface area contributed by atoms with Crippen LogP contribution in [0, 0.1) is 0 Å². The number of rotatable bonds is 3. The molecule has 0 aliphatic heterocycles. The number of aromatic nitrogens is 4. The van der Waals surface area contributed by atoms with Crippen LogP contribution in [0.5, 0.6) is 0 Å². The molecule has 0 aliphatic rings. The average Bonchev–Trinajstić information content (AvgIpc) is 2.96. The van der Waals surface area contributed by atoms with Gasteiger partial charge in [-0.25, -0.2) is 9.97 Å². The SMILES string of the molecule is CCn1nccc1C(=O)Nc1cnc2c(Cl)cccc2n1. The minimum absolute atomic E-state index is 0.273. The van der Waals surface area contributed by atoms with Crippen LogP contribution in [0.1, 0.15) is 17.4 Å².